The summed E-state index contributed by atoms with van der Waals surface area (Å²) in [6.45, 7) is 1.87. The molecule has 10 heavy (non-hydrogen) atoms. The fraction of sp³-hybridized carbons (Fsp3) is 0.500. The topological polar surface area (TPSA) is 101 Å². The first-order valence-corrected chi connectivity index (χ1v) is 2.59. The second-order valence-electron chi connectivity index (χ2n) is 1.31. The van der Waals surface area contributed by atoms with Gasteiger partial charge in [0.15, 0.2) is 0 Å². The van der Waals surface area contributed by atoms with Gasteiger partial charge in [-0.1, -0.05) is 5.22 Å². The van der Waals surface area contributed by atoms with E-state index in [0.717, 1.165) is 0 Å². The van der Waals surface area contributed by atoms with Gasteiger partial charge in [0.1, 0.15) is 0 Å². The zero-order valence-electron chi connectivity index (χ0n) is 5.50. The monoisotopic (exact) mass is 144 g/mol. The van der Waals surface area contributed by atoms with Gasteiger partial charge in [-0.3, -0.25) is 0 Å². The molecule has 0 aromatic heterocycles. The average Bonchev–Trinajstić information content (AvgIpc) is 1.89. The van der Waals surface area contributed by atoms with Crippen LogP contribution >= 0.6 is 0 Å². The summed E-state index contributed by atoms with van der Waals surface area (Å²) >= 11 is 0. The molecule has 0 saturated heterocycles. The molecule has 0 saturated carbocycles. The van der Waals surface area contributed by atoms with E-state index >= 15 is 0 Å². The zero-order chi connectivity index (χ0) is 7.98. The van der Waals surface area contributed by atoms with Crippen LogP contribution in [0.4, 0.5) is 0 Å². The molecule has 0 aromatic rings. The quantitative estimate of drug-likeness (QED) is 0.185. The van der Waals surface area contributed by atoms with Crippen LogP contribution in [0.5, 0.6) is 0 Å². The van der Waals surface area contributed by atoms with Crippen LogP contribution in [0, 0.1) is 5.53 Å². The highest BCUT2D eigenvalue weighted by Gasteiger charge is 2.05. The van der Waals surface area contributed by atoms with Crippen molar-refractivity contribution in [2.24, 2.45) is 16.1 Å². The molecule has 0 amide bonds. The lowest BCUT2D eigenvalue weighted by Gasteiger charge is -1.96. The van der Waals surface area contributed by atoms with E-state index < -0.39 is 11.8 Å². The van der Waals surface area contributed by atoms with Crippen LogP contribution in [0.15, 0.2) is 10.3 Å². The molecule has 6 heteroatoms. The predicted octanol–water partition coefficient (Wildman–Crippen LogP) is -0.147. The minimum atomic E-state index is -0.751. The lowest BCUT2D eigenvalue weighted by atomic mass is 10.6. The lowest BCUT2D eigenvalue weighted by molar-refractivity contribution is -0.135. The molecule has 0 bridgehead atoms. The normalized spacial score (nSPS) is 10.7. The number of nitrogens with two attached hydrogens (primary N) is 1. The number of carbonyl (C=O) groups is 1. The fourth-order valence-electron chi connectivity index (χ4n) is 0.300. The van der Waals surface area contributed by atoms with E-state index in [4.69, 9.17) is 11.3 Å². The van der Waals surface area contributed by atoms with E-state index in [2.05, 4.69) is 15.1 Å². The molecule has 0 spiro atoms. The standard InChI is InChI=1S/C4H8N4O2/c1-2-10-4(9)3(5)7-8-6/h2H2,1H3,(H3,5,6,7). The molecule has 0 fully saturated rings. The highest BCUT2D eigenvalue weighted by atomic mass is 16.5. The summed E-state index contributed by atoms with van der Waals surface area (Å²) in [5.74, 6) is -1.16. The minimum Gasteiger partial charge on any atom is -0.460 e. The van der Waals surface area contributed by atoms with Gasteiger partial charge in [-0.05, 0) is 6.92 Å². The molecule has 0 heterocycles. The van der Waals surface area contributed by atoms with Gasteiger partial charge in [0, 0.05) is 0 Å². The Bertz CT molecular complexity index is 165. The van der Waals surface area contributed by atoms with Crippen molar-refractivity contribution in [2.75, 3.05) is 6.61 Å². The predicted molar refractivity (Wildman–Crippen MR) is 33.4 cm³/mol. The van der Waals surface area contributed by atoms with Crippen LogP contribution in [-0.2, 0) is 9.53 Å². The summed E-state index contributed by atoms with van der Waals surface area (Å²) in [5.41, 5.74) is 11.2. The Hall–Kier alpha value is -1.46. The van der Waals surface area contributed by atoms with Crippen LogP contribution in [0.25, 0.3) is 0 Å². The lowest BCUT2D eigenvalue weighted by Crippen LogP contribution is -2.25. The van der Waals surface area contributed by atoms with Gasteiger partial charge in [-0.25, -0.2) is 4.79 Å². The maximum atomic E-state index is 10.5. The average molecular weight is 144 g/mol. The molecule has 3 N–H and O–H groups in total. The Morgan fingerprint density at radius 1 is 1.80 bits per heavy atom. The fourth-order valence-corrected chi connectivity index (χ4v) is 0.300. The molecule has 0 aromatic carbocycles. The first-order chi connectivity index (χ1) is 4.72. The minimum absolute atomic E-state index is 0.229. The molecule has 0 aliphatic heterocycles. The molecule has 0 aliphatic carbocycles. The largest absolute Gasteiger partial charge is 0.460 e. The summed E-state index contributed by atoms with van der Waals surface area (Å²) in [5, 5.41) is 5.51. The van der Waals surface area contributed by atoms with Crippen molar-refractivity contribution >= 4 is 11.8 Å². The Morgan fingerprint density at radius 2 is 2.40 bits per heavy atom. The molecule has 0 rings (SSSR count). The van der Waals surface area contributed by atoms with Crippen molar-refractivity contribution in [2.45, 2.75) is 6.92 Å². The molecule has 6 nitrogen and oxygen atoms in total. The van der Waals surface area contributed by atoms with Crippen molar-refractivity contribution < 1.29 is 9.53 Å². The van der Waals surface area contributed by atoms with Gasteiger partial charge >= 0.3 is 5.97 Å². The van der Waals surface area contributed by atoms with Gasteiger partial charge in [-0.2, -0.15) is 5.53 Å². The first-order valence-electron chi connectivity index (χ1n) is 2.59. The van der Waals surface area contributed by atoms with Crippen LogP contribution in [0.2, 0.25) is 0 Å². The molecule has 0 unspecified atom stereocenters. The molecular formula is C4H8N4O2. The number of hydrogen-bond acceptors (Lipinski definition) is 4. The van der Waals surface area contributed by atoms with Crippen molar-refractivity contribution in [3.63, 3.8) is 0 Å². The third-order valence-corrected chi connectivity index (χ3v) is 0.642. The van der Waals surface area contributed by atoms with Crippen LogP contribution in [0.1, 0.15) is 6.92 Å². The second-order valence-corrected chi connectivity index (χ2v) is 1.31. The number of hydrogen-bond donors (Lipinski definition) is 2. The van der Waals surface area contributed by atoms with Gasteiger partial charge in [0.2, 0.25) is 5.84 Å². The number of nitrogens with one attached hydrogen (secondary N) is 1. The highest BCUT2D eigenvalue weighted by molar-refractivity contribution is 6.34. The Kier molecular flexibility index (Phi) is 3.78. The van der Waals surface area contributed by atoms with Crippen molar-refractivity contribution in [1.29, 1.82) is 5.53 Å². The van der Waals surface area contributed by atoms with Crippen molar-refractivity contribution in [1.82, 2.24) is 0 Å². The third-order valence-electron chi connectivity index (χ3n) is 0.642. The van der Waals surface area contributed by atoms with E-state index in [1.54, 1.807) is 6.92 Å². The zero-order valence-corrected chi connectivity index (χ0v) is 5.50. The number of rotatable bonds is 2. The highest BCUT2D eigenvalue weighted by Crippen LogP contribution is 1.79. The van der Waals surface area contributed by atoms with Crippen LogP contribution in [0.3, 0.4) is 0 Å². The number of nitrogens with zero attached hydrogens (tertiary/aromatic N) is 2. The summed E-state index contributed by atoms with van der Waals surface area (Å²) in [6, 6.07) is 0. The number of ether oxygens (including phenoxy) is 1. The number of esters is 1. The van der Waals surface area contributed by atoms with E-state index in [0.29, 0.717) is 0 Å². The maximum Gasteiger partial charge on any atom is 0.375 e. The molecule has 0 radical (unpaired) electrons. The molecule has 56 valence electrons. The summed E-state index contributed by atoms with van der Waals surface area (Å²) in [6.07, 6.45) is 0. The van der Waals surface area contributed by atoms with E-state index in [1.165, 1.54) is 0 Å². The van der Waals surface area contributed by atoms with Gasteiger partial charge in [0.25, 0.3) is 0 Å². The molecule has 0 atom stereocenters. The van der Waals surface area contributed by atoms with E-state index in [1.807, 2.05) is 0 Å². The van der Waals surface area contributed by atoms with E-state index in [9.17, 15) is 4.79 Å². The van der Waals surface area contributed by atoms with Gasteiger partial charge in [-0.15, -0.1) is 5.10 Å². The maximum absolute atomic E-state index is 10.5. The first kappa shape index (κ1) is 8.54. The van der Waals surface area contributed by atoms with Gasteiger partial charge in [0.05, 0.1) is 6.61 Å². The van der Waals surface area contributed by atoms with Crippen LogP contribution < -0.4 is 5.73 Å². The smallest absolute Gasteiger partial charge is 0.375 e. The molecule has 0 aliphatic rings. The summed E-state index contributed by atoms with van der Waals surface area (Å²) in [4.78, 5) is 10.5. The van der Waals surface area contributed by atoms with Crippen molar-refractivity contribution in [3.05, 3.63) is 0 Å². The summed E-state index contributed by atoms with van der Waals surface area (Å²) < 4.78 is 4.42. The van der Waals surface area contributed by atoms with Crippen molar-refractivity contribution in [3.8, 4) is 0 Å². The second kappa shape index (κ2) is 4.42. The SMILES string of the molecule is CCOC(=O)/C(N)=N/N=N. The summed E-state index contributed by atoms with van der Waals surface area (Å²) in [7, 11) is 0. The number of amidine groups is 1. The van der Waals surface area contributed by atoms with Crippen LogP contribution in [-0.4, -0.2) is 18.4 Å². The van der Waals surface area contributed by atoms with E-state index in [-0.39, 0.29) is 6.61 Å². The van der Waals surface area contributed by atoms with Gasteiger partial charge < -0.3 is 10.5 Å². The Labute approximate surface area is 57.6 Å². The molecular weight excluding hydrogens is 136 g/mol. The number of carbonyl (C=O) groups excluding carboxylic acids is 1. The Morgan fingerprint density at radius 3 is 2.80 bits per heavy atom. The Balaban J connectivity index is 3.93. The third kappa shape index (κ3) is 2.75.